The van der Waals surface area contributed by atoms with Gasteiger partial charge in [-0.15, -0.1) is 0 Å². The average Bonchev–Trinajstić information content (AvgIpc) is 2.42. The number of methoxy groups -OCH3 is 1. The zero-order chi connectivity index (χ0) is 14.1. The predicted octanol–water partition coefficient (Wildman–Crippen LogP) is 4.66. The van der Waals surface area contributed by atoms with Gasteiger partial charge in [-0.25, -0.2) is 0 Å². The van der Waals surface area contributed by atoms with Crippen molar-refractivity contribution < 1.29 is 4.74 Å². The molecule has 2 heteroatoms. The number of rotatable bonds is 9. The molecule has 3 atom stereocenters. The Morgan fingerprint density at radius 1 is 1.21 bits per heavy atom. The normalized spacial score (nSPS) is 29.4. The average molecular weight is 269 g/mol. The lowest BCUT2D eigenvalue weighted by Gasteiger charge is -2.43. The summed E-state index contributed by atoms with van der Waals surface area (Å²) in [5, 5.41) is 0. The maximum atomic E-state index is 6.47. The summed E-state index contributed by atoms with van der Waals surface area (Å²) in [4.78, 5) is 0. The third-order valence-electron chi connectivity index (χ3n) is 4.94. The van der Waals surface area contributed by atoms with Crippen LogP contribution in [0.2, 0.25) is 0 Å². The molecule has 1 aliphatic carbocycles. The van der Waals surface area contributed by atoms with Gasteiger partial charge in [-0.2, -0.15) is 0 Å². The van der Waals surface area contributed by atoms with Crippen molar-refractivity contribution >= 4 is 0 Å². The predicted molar refractivity (Wildman–Crippen MR) is 83.3 cm³/mol. The lowest BCUT2D eigenvalue weighted by molar-refractivity contribution is -0.0726. The molecular weight excluding hydrogens is 234 g/mol. The zero-order valence-electron chi connectivity index (χ0n) is 13.4. The molecule has 114 valence electrons. The molecule has 1 rings (SSSR count). The Morgan fingerprint density at radius 3 is 2.53 bits per heavy atom. The van der Waals surface area contributed by atoms with Crippen LogP contribution in [0.1, 0.15) is 84.5 Å². The molecular formula is C17H35NO. The van der Waals surface area contributed by atoms with Crippen molar-refractivity contribution in [1.29, 1.82) is 0 Å². The van der Waals surface area contributed by atoms with Crippen LogP contribution >= 0.6 is 0 Å². The van der Waals surface area contributed by atoms with Crippen LogP contribution in [0.15, 0.2) is 0 Å². The van der Waals surface area contributed by atoms with Gasteiger partial charge in [0.05, 0.1) is 5.60 Å². The molecule has 0 aromatic rings. The summed E-state index contributed by atoms with van der Waals surface area (Å²) < 4.78 is 5.88. The van der Waals surface area contributed by atoms with E-state index in [1.807, 2.05) is 7.11 Å². The molecule has 1 fully saturated rings. The Bertz CT molecular complexity index is 231. The van der Waals surface area contributed by atoms with Gasteiger partial charge >= 0.3 is 0 Å². The summed E-state index contributed by atoms with van der Waals surface area (Å²) in [5.41, 5.74) is 6.45. The fourth-order valence-electron chi connectivity index (χ4n) is 3.62. The molecule has 1 aliphatic rings. The summed E-state index contributed by atoms with van der Waals surface area (Å²) in [7, 11) is 1.86. The summed E-state index contributed by atoms with van der Waals surface area (Å²) in [6.07, 6.45) is 14.1. The van der Waals surface area contributed by atoms with Crippen LogP contribution < -0.4 is 5.73 Å². The van der Waals surface area contributed by atoms with E-state index in [2.05, 4.69) is 13.8 Å². The van der Waals surface area contributed by atoms with Gasteiger partial charge in [0.15, 0.2) is 0 Å². The molecule has 0 amide bonds. The molecule has 3 unspecified atom stereocenters. The number of ether oxygens (including phenoxy) is 1. The van der Waals surface area contributed by atoms with Crippen molar-refractivity contribution in [3.05, 3.63) is 0 Å². The van der Waals surface area contributed by atoms with Crippen molar-refractivity contribution in [3.63, 3.8) is 0 Å². The van der Waals surface area contributed by atoms with Crippen molar-refractivity contribution in [1.82, 2.24) is 0 Å². The number of hydrogen-bond acceptors (Lipinski definition) is 2. The van der Waals surface area contributed by atoms with Gasteiger partial charge in [-0.05, 0) is 25.2 Å². The van der Waals surface area contributed by atoms with E-state index in [0.29, 0.717) is 0 Å². The first-order valence-electron chi connectivity index (χ1n) is 8.45. The van der Waals surface area contributed by atoms with E-state index in [-0.39, 0.29) is 11.6 Å². The van der Waals surface area contributed by atoms with E-state index in [1.54, 1.807) is 0 Å². The first kappa shape index (κ1) is 17.0. The zero-order valence-corrected chi connectivity index (χ0v) is 13.4. The second kappa shape index (κ2) is 8.97. The molecule has 0 radical (unpaired) electrons. The largest absolute Gasteiger partial charge is 0.377 e. The highest BCUT2D eigenvalue weighted by atomic mass is 16.5. The molecule has 19 heavy (non-hydrogen) atoms. The van der Waals surface area contributed by atoms with E-state index in [4.69, 9.17) is 10.5 Å². The SMILES string of the molecule is CCCCCCCCC(N)C1(OC)CCCC(C)C1. The smallest absolute Gasteiger partial charge is 0.0831 e. The van der Waals surface area contributed by atoms with Crippen molar-refractivity contribution in [2.24, 2.45) is 11.7 Å². The van der Waals surface area contributed by atoms with Crippen LogP contribution in [0.25, 0.3) is 0 Å². The van der Waals surface area contributed by atoms with Gasteiger partial charge in [0, 0.05) is 13.2 Å². The first-order valence-corrected chi connectivity index (χ1v) is 8.45. The van der Waals surface area contributed by atoms with Gasteiger partial charge in [0.25, 0.3) is 0 Å². The lowest BCUT2D eigenvalue weighted by Crippen LogP contribution is -2.52. The molecule has 2 nitrogen and oxygen atoms in total. The molecule has 0 aromatic carbocycles. The minimum Gasteiger partial charge on any atom is -0.377 e. The molecule has 0 bridgehead atoms. The minimum atomic E-state index is -0.0267. The first-order chi connectivity index (χ1) is 9.14. The van der Waals surface area contributed by atoms with E-state index in [9.17, 15) is 0 Å². The fourth-order valence-corrected chi connectivity index (χ4v) is 3.62. The van der Waals surface area contributed by atoms with Crippen molar-refractivity contribution in [2.45, 2.75) is 96.1 Å². The molecule has 0 spiro atoms. The highest BCUT2D eigenvalue weighted by Crippen LogP contribution is 2.37. The monoisotopic (exact) mass is 269 g/mol. The molecule has 1 saturated carbocycles. The quantitative estimate of drug-likeness (QED) is 0.618. The number of nitrogens with two attached hydrogens (primary N) is 1. The van der Waals surface area contributed by atoms with E-state index >= 15 is 0 Å². The maximum Gasteiger partial charge on any atom is 0.0831 e. The molecule has 0 aromatic heterocycles. The standard InChI is InChI=1S/C17H35NO/c1-4-5-6-7-8-9-12-16(18)17(19-3)13-10-11-15(2)14-17/h15-16H,4-14,18H2,1-3H3. The minimum absolute atomic E-state index is 0.0267. The summed E-state index contributed by atoms with van der Waals surface area (Å²) in [5.74, 6) is 0.768. The third kappa shape index (κ3) is 5.43. The summed E-state index contributed by atoms with van der Waals surface area (Å²) in [6, 6.07) is 0.228. The second-order valence-corrected chi connectivity index (χ2v) is 6.63. The highest BCUT2D eigenvalue weighted by molar-refractivity contribution is 4.95. The topological polar surface area (TPSA) is 35.2 Å². The second-order valence-electron chi connectivity index (χ2n) is 6.63. The van der Waals surface area contributed by atoms with Crippen LogP contribution in [-0.4, -0.2) is 18.8 Å². The highest BCUT2D eigenvalue weighted by Gasteiger charge is 2.39. The van der Waals surface area contributed by atoms with Crippen LogP contribution in [0, 0.1) is 5.92 Å². The Balaban J connectivity index is 2.27. The fraction of sp³-hybridized carbons (Fsp3) is 1.00. The number of hydrogen-bond donors (Lipinski definition) is 1. The lowest BCUT2D eigenvalue weighted by atomic mass is 9.73. The van der Waals surface area contributed by atoms with E-state index < -0.39 is 0 Å². The Labute approximate surface area is 120 Å². The van der Waals surface area contributed by atoms with Gasteiger partial charge in [-0.1, -0.05) is 65.2 Å². The molecule has 0 aliphatic heterocycles. The van der Waals surface area contributed by atoms with Gasteiger partial charge in [0.2, 0.25) is 0 Å². The Kier molecular flexibility index (Phi) is 8.01. The van der Waals surface area contributed by atoms with Crippen LogP contribution in [-0.2, 0) is 4.74 Å². The van der Waals surface area contributed by atoms with Crippen molar-refractivity contribution in [3.8, 4) is 0 Å². The number of unbranched alkanes of at least 4 members (excludes halogenated alkanes) is 5. The summed E-state index contributed by atoms with van der Waals surface area (Å²) in [6.45, 7) is 4.60. The molecule has 0 saturated heterocycles. The Morgan fingerprint density at radius 2 is 1.89 bits per heavy atom. The molecule has 0 heterocycles. The molecule has 2 N–H and O–H groups in total. The van der Waals surface area contributed by atoms with Gasteiger partial charge in [-0.3, -0.25) is 0 Å². The van der Waals surface area contributed by atoms with Crippen molar-refractivity contribution in [2.75, 3.05) is 7.11 Å². The van der Waals surface area contributed by atoms with Crippen LogP contribution in [0.5, 0.6) is 0 Å². The van der Waals surface area contributed by atoms with Crippen LogP contribution in [0.3, 0.4) is 0 Å². The van der Waals surface area contributed by atoms with Crippen LogP contribution in [0.4, 0.5) is 0 Å². The summed E-state index contributed by atoms with van der Waals surface area (Å²) >= 11 is 0. The third-order valence-corrected chi connectivity index (χ3v) is 4.94. The van der Waals surface area contributed by atoms with Gasteiger partial charge in [0.1, 0.15) is 0 Å². The Hall–Kier alpha value is -0.0800. The van der Waals surface area contributed by atoms with Gasteiger partial charge < -0.3 is 10.5 Å². The van der Waals surface area contributed by atoms with E-state index in [0.717, 1.165) is 25.2 Å². The maximum absolute atomic E-state index is 6.47. The van der Waals surface area contributed by atoms with E-state index in [1.165, 1.54) is 51.4 Å².